The van der Waals surface area contributed by atoms with Crippen LogP contribution in [-0.4, -0.2) is 0 Å². The summed E-state index contributed by atoms with van der Waals surface area (Å²) in [4.78, 5) is 1.22. The lowest BCUT2D eigenvalue weighted by atomic mass is 10.0. The summed E-state index contributed by atoms with van der Waals surface area (Å²) in [6, 6.07) is 6.99. The van der Waals surface area contributed by atoms with Gasteiger partial charge in [0.2, 0.25) is 0 Å². The van der Waals surface area contributed by atoms with Crippen molar-refractivity contribution in [3.05, 3.63) is 57.0 Å². The smallest absolute Gasteiger partial charge is 0.126 e. The summed E-state index contributed by atoms with van der Waals surface area (Å²) in [5.41, 5.74) is 8.61. The Labute approximate surface area is 98.7 Å². The quantitative estimate of drug-likeness (QED) is 0.846. The molecule has 2 rings (SSSR count). The Morgan fingerprint density at radius 2 is 1.94 bits per heavy atom. The molecule has 0 amide bonds. The highest BCUT2D eigenvalue weighted by atomic mass is 32.1. The highest BCUT2D eigenvalue weighted by molar-refractivity contribution is 7.10. The molecule has 0 saturated carbocycles. The zero-order valence-corrected chi connectivity index (χ0v) is 10.1. The molecule has 1 heterocycles. The predicted octanol–water partition coefficient (Wildman–Crippen LogP) is 3.55. The second-order valence-corrected chi connectivity index (χ2v) is 5.09. The zero-order valence-electron chi connectivity index (χ0n) is 9.33. The average molecular weight is 235 g/mol. The van der Waals surface area contributed by atoms with E-state index >= 15 is 0 Å². The van der Waals surface area contributed by atoms with E-state index < -0.39 is 0 Å². The molecule has 0 spiro atoms. The molecule has 0 aliphatic rings. The number of hydrogen-bond donors (Lipinski definition) is 1. The molecule has 0 saturated heterocycles. The number of hydrogen-bond acceptors (Lipinski definition) is 2. The highest BCUT2D eigenvalue weighted by Crippen LogP contribution is 2.25. The third-order valence-corrected chi connectivity index (χ3v) is 3.54. The summed E-state index contributed by atoms with van der Waals surface area (Å²) in [7, 11) is 0. The molecule has 1 unspecified atom stereocenters. The van der Waals surface area contributed by atoms with Gasteiger partial charge in [-0.25, -0.2) is 4.39 Å². The molecule has 84 valence electrons. The van der Waals surface area contributed by atoms with E-state index in [9.17, 15) is 4.39 Å². The third-order valence-electron chi connectivity index (χ3n) is 2.66. The Hall–Kier alpha value is -1.19. The molecule has 0 aliphatic carbocycles. The van der Waals surface area contributed by atoms with Crippen molar-refractivity contribution >= 4 is 11.3 Å². The normalized spacial score (nSPS) is 12.8. The van der Waals surface area contributed by atoms with Crippen LogP contribution in [0.25, 0.3) is 0 Å². The maximum atomic E-state index is 13.4. The van der Waals surface area contributed by atoms with Crippen molar-refractivity contribution < 1.29 is 4.39 Å². The minimum Gasteiger partial charge on any atom is -0.320 e. The minimum absolute atomic E-state index is 0.195. The predicted molar refractivity (Wildman–Crippen MR) is 66.2 cm³/mol. The van der Waals surface area contributed by atoms with Gasteiger partial charge in [0.1, 0.15) is 5.82 Å². The number of benzene rings is 1. The summed E-state index contributed by atoms with van der Waals surface area (Å²) in [6.07, 6.45) is 0. The molecule has 16 heavy (non-hydrogen) atoms. The fourth-order valence-electron chi connectivity index (χ4n) is 1.62. The van der Waals surface area contributed by atoms with Gasteiger partial charge in [-0.15, -0.1) is 11.3 Å². The van der Waals surface area contributed by atoms with E-state index in [1.165, 1.54) is 10.9 Å². The highest BCUT2D eigenvalue weighted by Gasteiger charge is 2.11. The Bertz CT molecular complexity index is 504. The lowest BCUT2D eigenvalue weighted by Gasteiger charge is -2.11. The van der Waals surface area contributed by atoms with Crippen LogP contribution in [0.3, 0.4) is 0 Å². The van der Waals surface area contributed by atoms with Gasteiger partial charge in [-0.05, 0) is 48.1 Å². The second kappa shape index (κ2) is 4.36. The van der Waals surface area contributed by atoms with Gasteiger partial charge < -0.3 is 5.73 Å². The first-order valence-corrected chi connectivity index (χ1v) is 6.02. The minimum atomic E-state index is -0.236. The third kappa shape index (κ3) is 2.15. The largest absolute Gasteiger partial charge is 0.320 e. The molecule has 0 fully saturated rings. The molecule has 1 aromatic heterocycles. The summed E-state index contributed by atoms with van der Waals surface area (Å²) >= 11 is 1.66. The Morgan fingerprint density at radius 1 is 1.19 bits per heavy atom. The maximum Gasteiger partial charge on any atom is 0.126 e. The van der Waals surface area contributed by atoms with Gasteiger partial charge in [0, 0.05) is 4.88 Å². The van der Waals surface area contributed by atoms with E-state index in [-0.39, 0.29) is 11.9 Å². The van der Waals surface area contributed by atoms with E-state index in [0.717, 1.165) is 11.1 Å². The van der Waals surface area contributed by atoms with Crippen molar-refractivity contribution in [1.29, 1.82) is 0 Å². The van der Waals surface area contributed by atoms with Crippen molar-refractivity contribution in [3.8, 4) is 0 Å². The molecule has 2 N–H and O–H groups in total. The fourth-order valence-corrected chi connectivity index (χ4v) is 2.36. The van der Waals surface area contributed by atoms with Crippen LogP contribution < -0.4 is 5.73 Å². The number of halogens is 1. The monoisotopic (exact) mass is 235 g/mol. The van der Waals surface area contributed by atoms with Crippen LogP contribution in [0.4, 0.5) is 4.39 Å². The van der Waals surface area contributed by atoms with Gasteiger partial charge in [0.25, 0.3) is 0 Å². The first-order valence-electron chi connectivity index (χ1n) is 5.14. The molecule has 1 nitrogen and oxygen atoms in total. The second-order valence-electron chi connectivity index (χ2n) is 3.98. The molecule has 3 heteroatoms. The van der Waals surface area contributed by atoms with Gasteiger partial charge in [-0.1, -0.05) is 12.1 Å². The molecule has 0 radical (unpaired) electrons. The molecule has 0 bridgehead atoms. The van der Waals surface area contributed by atoms with Gasteiger partial charge in [0.05, 0.1) is 6.04 Å². The van der Waals surface area contributed by atoms with Crippen molar-refractivity contribution in [2.45, 2.75) is 19.9 Å². The molecule has 0 aliphatic heterocycles. The van der Waals surface area contributed by atoms with Gasteiger partial charge in [0.15, 0.2) is 0 Å². The van der Waals surface area contributed by atoms with Crippen molar-refractivity contribution in [2.24, 2.45) is 5.73 Å². The van der Waals surface area contributed by atoms with Crippen LogP contribution in [0.1, 0.15) is 27.6 Å². The lowest BCUT2D eigenvalue weighted by molar-refractivity contribution is 0.614. The Kier molecular flexibility index (Phi) is 3.08. The van der Waals surface area contributed by atoms with Crippen LogP contribution in [0.2, 0.25) is 0 Å². The molecule has 1 atom stereocenters. The Balaban J connectivity index is 2.33. The van der Waals surface area contributed by atoms with Crippen LogP contribution in [-0.2, 0) is 0 Å². The van der Waals surface area contributed by atoms with Crippen LogP contribution in [0.15, 0.2) is 29.6 Å². The number of thiophene rings is 1. The van der Waals surface area contributed by atoms with E-state index in [0.29, 0.717) is 5.56 Å². The van der Waals surface area contributed by atoms with Crippen LogP contribution >= 0.6 is 11.3 Å². The zero-order chi connectivity index (χ0) is 11.7. The van der Waals surface area contributed by atoms with Crippen LogP contribution in [0, 0.1) is 19.7 Å². The SMILES string of the molecule is Cc1cc(C(N)c2ccc(C)c(F)c2)cs1. The summed E-state index contributed by atoms with van der Waals surface area (Å²) < 4.78 is 13.4. The molecular formula is C13H14FNS. The Morgan fingerprint density at radius 3 is 2.50 bits per heavy atom. The van der Waals surface area contributed by atoms with E-state index in [4.69, 9.17) is 5.73 Å². The lowest BCUT2D eigenvalue weighted by Crippen LogP contribution is -2.11. The molecule has 1 aromatic carbocycles. The van der Waals surface area contributed by atoms with Gasteiger partial charge in [-0.2, -0.15) is 0 Å². The van der Waals surface area contributed by atoms with E-state index in [2.05, 4.69) is 0 Å². The van der Waals surface area contributed by atoms with E-state index in [1.807, 2.05) is 24.4 Å². The van der Waals surface area contributed by atoms with Crippen molar-refractivity contribution in [3.63, 3.8) is 0 Å². The molecular weight excluding hydrogens is 221 g/mol. The standard InChI is InChI=1S/C13H14FNS/c1-8-3-4-10(6-12(8)14)13(15)11-5-9(2)16-7-11/h3-7,13H,15H2,1-2H3. The van der Waals surface area contributed by atoms with Gasteiger partial charge >= 0.3 is 0 Å². The summed E-state index contributed by atoms with van der Waals surface area (Å²) in [5.74, 6) is -0.195. The maximum absolute atomic E-state index is 13.4. The van der Waals surface area contributed by atoms with Crippen LogP contribution in [0.5, 0.6) is 0 Å². The summed E-state index contributed by atoms with van der Waals surface area (Å²) in [6.45, 7) is 3.79. The average Bonchev–Trinajstić information content (AvgIpc) is 2.68. The summed E-state index contributed by atoms with van der Waals surface area (Å²) in [5, 5.41) is 2.03. The number of rotatable bonds is 2. The fraction of sp³-hybridized carbons (Fsp3) is 0.231. The first kappa shape index (κ1) is 11.3. The number of aryl methyl sites for hydroxylation is 2. The first-order chi connectivity index (χ1) is 7.58. The van der Waals surface area contributed by atoms with Crippen molar-refractivity contribution in [2.75, 3.05) is 0 Å². The molecule has 2 aromatic rings. The van der Waals surface area contributed by atoms with Crippen molar-refractivity contribution in [1.82, 2.24) is 0 Å². The number of nitrogens with two attached hydrogens (primary N) is 1. The topological polar surface area (TPSA) is 26.0 Å². The van der Waals surface area contributed by atoms with E-state index in [1.54, 1.807) is 24.3 Å². The van der Waals surface area contributed by atoms with Gasteiger partial charge in [-0.3, -0.25) is 0 Å².